The van der Waals surface area contributed by atoms with Crippen LogP contribution in [0.3, 0.4) is 0 Å². The molecule has 2 aliphatic rings. The molecule has 1 aromatic heterocycles. The predicted molar refractivity (Wildman–Crippen MR) is 87.5 cm³/mol. The van der Waals surface area contributed by atoms with E-state index in [0.717, 1.165) is 35.0 Å². The molecule has 1 unspecified atom stereocenters. The van der Waals surface area contributed by atoms with E-state index in [-0.39, 0.29) is 0 Å². The summed E-state index contributed by atoms with van der Waals surface area (Å²) >= 11 is 15.3. The van der Waals surface area contributed by atoms with E-state index in [1.807, 2.05) is 0 Å². The molecule has 1 fully saturated rings. The lowest BCUT2D eigenvalue weighted by Crippen LogP contribution is -2.09. The van der Waals surface area contributed by atoms with E-state index in [4.69, 9.17) is 23.2 Å². The van der Waals surface area contributed by atoms with Gasteiger partial charge < -0.3 is 5.32 Å². The zero-order valence-corrected chi connectivity index (χ0v) is 13.4. The summed E-state index contributed by atoms with van der Waals surface area (Å²) in [7, 11) is 0. The largest absolute Gasteiger partial charge is 0.332 e. The lowest BCUT2D eigenvalue weighted by Gasteiger charge is -2.10. The Morgan fingerprint density at radius 1 is 1.15 bits per heavy atom. The second-order valence-electron chi connectivity index (χ2n) is 4.94. The van der Waals surface area contributed by atoms with Crippen molar-refractivity contribution in [1.82, 2.24) is 8.75 Å². The Morgan fingerprint density at radius 3 is 2.75 bits per heavy atom. The zero-order chi connectivity index (χ0) is 13.7. The van der Waals surface area contributed by atoms with Gasteiger partial charge in [-0.3, -0.25) is 4.99 Å². The maximum absolute atomic E-state index is 6.28. The molecule has 104 valence electrons. The van der Waals surface area contributed by atoms with Crippen LogP contribution in [0, 0.1) is 5.92 Å². The van der Waals surface area contributed by atoms with Crippen molar-refractivity contribution in [2.24, 2.45) is 10.9 Å². The fourth-order valence-corrected chi connectivity index (χ4v) is 4.64. The Kier molecular flexibility index (Phi) is 3.29. The Hall–Kier alpha value is -0.560. The first-order chi connectivity index (χ1) is 9.72. The van der Waals surface area contributed by atoms with Crippen molar-refractivity contribution in [1.29, 1.82) is 0 Å². The van der Waals surface area contributed by atoms with E-state index in [0.29, 0.717) is 26.3 Å². The number of rotatable bonds is 2. The molecule has 0 bridgehead atoms. The highest BCUT2D eigenvalue weighted by Crippen LogP contribution is 2.43. The van der Waals surface area contributed by atoms with Gasteiger partial charge >= 0.3 is 0 Å². The van der Waals surface area contributed by atoms with Gasteiger partial charge in [0.1, 0.15) is 11.0 Å². The number of thioether (sulfide) groups is 1. The number of aromatic nitrogens is 2. The van der Waals surface area contributed by atoms with E-state index in [2.05, 4.69) is 19.1 Å². The quantitative estimate of drug-likeness (QED) is 0.882. The monoisotopic (exact) mass is 344 g/mol. The first-order valence-corrected chi connectivity index (χ1v) is 8.67. The van der Waals surface area contributed by atoms with Gasteiger partial charge in [-0.1, -0.05) is 35.0 Å². The van der Waals surface area contributed by atoms with Gasteiger partial charge in [0.25, 0.3) is 0 Å². The van der Waals surface area contributed by atoms with Crippen LogP contribution in [0.5, 0.6) is 0 Å². The molecule has 8 heteroatoms. The number of benzene rings is 1. The van der Waals surface area contributed by atoms with Crippen LogP contribution in [0.1, 0.15) is 12.8 Å². The third kappa shape index (κ3) is 2.28. The minimum Gasteiger partial charge on any atom is -0.332 e. The number of amidine groups is 1. The van der Waals surface area contributed by atoms with Crippen LogP contribution in [-0.2, 0) is 0 Å². The van der Waals surface area contributed by atoms with Crippen molar-refractivity contribution in [2.75, 3.05) is 11.9 Å². The van der Waals surface area contributed by atoms with Gasteiger partial charge in [-0.15, -0.1) is 0 Å². The smallest absolute Gasteiger partial charge is 0.161 e. The molecule has 0 radical (unpaired) electrons. The van der Waals surface area contributed by atoms with Crippen molar-refractivity contribution in [2.45, 2.75) is 18.1 Å². The summed E-state index contributed by atoms with van der Waals surface area (Å²) in [5.74, 6) is 0.838. The Labute approximate surface area is 134 Å². The summed E-state index contributed by atoms with van der Waals surface area (Å²) in [5.41, 5.74) is 2.15. The third-order valence-electron chi connectivity index (χ3n) is 3.50. The molecule has 2 heterocycles. The average Bonchev–Trinajstić information content (AvgIpc) is 2.98. The van der Waals surface area contributed by atoms with Crippen LogP contribution in [-0.4, -0.2) is 25.7 Å². The topological polar surface area (TPSA) is 50.2 Å². The molecule has 2 aromatic rings. The molecule has 1 aromatic carbocycles. The van der Waals surface area contributed by atoms with Crippen molar-refractivity contribution in [3.63, 3.8) is 0 Å². The predicted octanol–water partition coefficient (Wildman–Crippen LogP) is 4.29. The number of anilines is 1. The zero-order valence-electron chi connectivity index (χ0n) is 10.3. The van der Waals surface area contributed by atoms with E-state index >= 15 is 0 Å². The van der Waals surface area contributed by atoms with Crippen molar-refractivity contribution in [3.8, 4) is 0 Å². The van der Waals surface area contributed by atoms with Crippen LogP contribution in [0.4, 0.5) is 5.69 Å². The number of nitrogens with zero attached hydrogens (tertiary/aromatic N) is 3. The van der Waals surface area contributed by atoms with Crippen LogP contribution >= 0.6 is 46.7 Å². The Morgan fingerprint density at radius 2 is 1.95 bits per heavy atom. The molecule has 0 amide bonds. The second-order valence-corrected chi connectivity index (χ2v) is 7.51. The first-order valence-electron chi connectivity index (χ1n) is 6.31. The highest BCUT2D eigenvalue weighted by molar-refractivity contribution is 8.15. The highest BCUT2D eigenvalue weighted by atomic mass is 35.5. The molecule has 0 spiro atoms. The molecule has 1 saturated carbocycles. The molecular formula is C12H10Cl2N4S2. The summed E-state index contributed by atoms with van der Waals surface area (Å²) in [6.07, 6.45) is 2.67. The number of nitrogens with one attached hydrogen (secondary N) is 1. The number of fused-ring (bicyclic) bond motifs is 1. The molecular weight excluding hydrogens is 335 g/mol. The fourth-order valence-electron chi connectivity index (χ4n) is 2.27. The molecule has 1 aliphatic carbocycles. The summed E-state index contributed by atoms with van der Waals surface area (Å²) in [5, 5.41) is 5.92. The van der Waals surface area contributed by atoms with Gasteiger partial charge in [0.15, 0.2) is 5.17 Å². The van der Waals surface area contributed by atoms with Gasteiger partial charge in [0, 0.05) is 5.25 Å². The lowest BCUT2D eigenvalue weighted by molar-refractivity contribution is 0.773. The maximum Gasteiger partial charge on any atom is 0.161 e. The molecule has 1 aliphatic heterocycles. The number of halogens is 2. The van der Waals surface area contributed by atoms with E-state index < -0.39 is 0 Å². The van der Waals surface area contributed by atoms with Gasteiger partial charge in [-0.05, 0) is 24.8 Å². The summed E-state index contributed by atoms with van der Waals surface area (Å²) in [6, 6.07) is 1.70. The van der Waals surface area contributed by atoms with E-state index in [1.165, 1.54) is 12.8 Å². The minimum absolute atomic E-state index is 0.529. The maximum atomic E-state index is 6.28. The molecule has 1 N–H and O–H groups in total. The summed E-state index contributed by atoms with van der Waals surface area (Å²) in [6.45, 7) is 0.890. The van der Waals surface area contributed by atoms with Crippen LogP contribution in [0.25, 0.3) is 11.0 Å². The summed E-state index contributed by atoms with van der Waals surface area (Å²) < 4.78 is 8.48. The number of aliphatic imine (C=N–C) groups is 1. The van der Waals surface area contributed by atoms with Crippen molar-refractivity contribution >= 4 is 68.6 Å². The standard InChI is InChI=1S/C12H10Cl2N4S2/c13-6-3-7(14)10-11(18-20-17-10)9(6)16-12-15-4-8(19-12)5-1-2-5/h3,5,8H,1-2,4H2,(H,15,16). The lowest BCUT2D eigenvalue weighted by atomic mass is 10.2. The van der Waals surface area contributed by atoms with Crippen molar-refractivity contribution < 1.29 is 0 Å². The van der Waals surface area contributed by atoms with Crippen LogP contribution in [0.15, 0.2) is 11.1 Å². The normalized spacial score (nSPS) is 22.3. The van der Waals surface area contributed by atoms with E-state index in [1.54, 1.807) is 17.8 Å². The first kappa shape index (κ1) is 13.1. The third-order valence-corrected chi connectivity index (χ3v) is 5.91. The fraction of sp³-hybridized carbons (Fsp3) is 0.417. The summed E-state index contributed by atoms with van der Waals surface area (Å²) in [4.78, 5) is 4.56. The van der Waals surface area contributed by atoms with Gasteiger partial charge in [0.2, 0.25) is 0 Å². The van der Waals surface area contributed by atoms with Crippen LogP contribution in [0.2, 0.25) is 10.0 Å². The highest BCUT2D eigenvalue weighted by Gasteiger charge is 2.35. The number of hydrogen-bond donors (Lipinski definition) is 1. The molecule has 20 heavy (non-hydrogen) atoms. The Bertz CT molecular complexity index is 711. The van der Waals surface area contributed by atoms with Gasteiger partial charge in [-0.25, -0.2) is 0 Å². The average molecular weight is 345 g/mol. The minimum atomic E-state index is 0.529. The van der Waals surface area contributed by atoms with E-state index in [9.17, 15) is 0 Å². The second kappa shape index (κ2) is 5.02. The SMILES string of the molecule is Clc1cc(Cl)c2nsnc2c1NC1=NCC(C2CC2)S1. The molecule has 4 nitrogen and oxygen atoms in total. The number of hydrogen-bond acceptors (Lipinski definition) is 6. The Balaban J connectivity index is 1.64. The van der Waals surface area contributed by atoms with Crippen molar-refractivity contribution in [3.05, 3.63) is 16.1 Å². The molecule has 4 rings (SSSR count). The van der Waals surface area contributed by atoms with Crippen LogP contribution < -0.4 is 5.32 Å². The van der Waals surface area contributed by atoms with Gasteiger partial charge in [0.05, 0.1) is 34.0 Å². The molecule has 1 atom stereocenters. The molecule has 0 saturated heterocycles. The van der Waals surface area contributed by atoms with Gasteiger partial charge in [-0.2, -0.15) is 8.75 Å².